The van der Waals surface area contributed by atoms with Gasteiger partial charge in [0.25, 0.3) is 0 Å². The van der Waals surface area contributed by atoms with Gasteiger partial charge in [-0.3, -0.25) is 4.79 Å². The van der Waals surface area contributed by atoms with Crippen LogP contribution in [0.3, 0.4) is 0 Å². The lowest BCUT2D eigenvalue weighted by atomic mass is 9.80. The maximum atomic E-state index is 12.3. The molecular formula is C21H28N2O3. The van der Waals surface area contributed by atoms with Gasteiger partial charge in [-0.1, -0.05) is 12.5 Å². The van der Waals surface area contributed by atoms with Crippen molar-refractivity contribution in [1.82, 2.24) is 9.88 Å². The van der Waals surface area contributed by atoms with E-state index >= 15 is 0 Å². The van der Waals surface area contributed by atoms with Crippen LogP contribution in [0.1, 0.15) is 56.4 Å². The van der Waals surface area contributed by atoms with Gasteiger partial charge < -0.3 is 19.7 Å². The summed E-state index contributed by atoms with van der Waals surface area (Å²) < 4.78 is 6.06. The second-order valence-electron chi connectivity index (χ2n) is 7.61. The van der Waals surface area contributed by atoms with Crippen LogP contribution in [0, 0.1) is 0 Å². The molecular weight excluding hydrogens is 328 g/mol. The summed E-state index contributed by atoms with van der Waals surface area (Å²) in [6.45, 7) is 1.90. The Kier molecular flexibility index (Phi) is 5.16. The number of hydrogen-bond donors (Lipinski definition) is 2. The molecule has 0 unspecified atom stereocenters. The van der Waals surface area contributed by atoms with Gasteiger partial charge in [-0.25, -0.2) is 0 Å². The summed E-state index contributed by atoms with van der Waals surface area (Å²) in [6, 6.07) is 6.15. The molecule has 5 nitrogen and oxygen atoms in total. The van der Waals surface area contributed by atoms with Crippen molar-refractivity contribution >= 4 is 16.8 Å². The Morgan fingerprint density at radius 1 is 1.23 bits per heavy atom. The third kappa shape index (κ3) is 3.58. The Morgan fingerprint density at radius 2 is 2.04 bits per heavy atom. The first-order valence-corrected chi connectivity index (χ1v) is 9.91. The Morgan fingerprint density at radius 3 is 2.77 bits per heavy atom. The van der Waals surface area contributed by atoms with Crippen LogP contribution in [0.2, 0.25) is 0 Å². The van der Waals surface area contributed by atoms with E-state index in [-0.39, 0.29) is 12.0 Å². The number of aromatic amines is 1. The lowest BCUT2D eigenvalue weighted by Gasteiger charge is -2.29. The minimum absolute atomic E-state index is 0.176. The summed E-state index contributed by atoms with van der Waals surface area (Å²) >= 11 is 0. The molecule has 1 saturated heterocycles. The predicted octanol–water partition coefficient (Wildman–Crippen LogP) is 3.58. The molecule has 2 aliphatic rings. The van der Waals surface area contributed by atoms with Crippen LogP contribution in [-0.2, 0) is 4.79 Å². The molecule has 1 aromatic carbocycles. The molecule has 0 spiro atoms. The van der Waals surface area contributed by atoms with Gasteiger partial charge in [-0.15, -0.1) is 0 Å². The van der Waals surface area contributed by atoms with Crippen LogP contribution in [0.15, 0.2) is 24.4 Å². The van der Waals surface area contributed by atoms with E-state index in [2.05, 4.69) is 17.2 Å². The lowest BCUT2D eigenvalue weighted by molar-refractivity contribution is -0.133. The molecule has 0 bridgehead atoms. The van der Waals surface area contributed by atoms with Gasteiger partial charge in [0.05, 0.1) is 12.7 Å². The SMILES string of the molecule is O=C(CCCOc1cccc2[nH]cc(C3CCC3)c12)N1CCC(O)CC1. The number of nitrogens with zero attached hydrogens (tertiary/aromatic N) is 1. The number of nitrogens with one attached hydrogen (secondary N) is 1. The quantitative estimate of drug-likeness (QED) is 0.778. The van der Waals surface area contributed by atoms with E-state index in [0.717, 1.165) is 17.7 Å². The van der Waals surface area contributed by atoms with Crippen LogP contribution >= 0.6 is 0 Å². The molecule has 1 aliphatic heterocycles. The van der Waals surface area contributed by atoms with Crippen molar-refractivity contribution in [3.05, 3.63) is 30.0 Å². The highest BCUT2D eigenvalue weighted by atomic mass is 16.5. The smallest absolute Gasteiger partial charge is 0.222 e. The molecule has 2 heterocycles. The van der Waals surface area contributed by atoms with Gasteiger partial charge in [0.15, 0.2) is 0 Å². The Labute approximate surface area is 154 Å². The topological polar surface area (TPSA) is 65.6 Å². The summed E-state index contributed by atoms with van der Waals surface area (Å²) in [7, 11) is 0. The number of fused-ring (bicyclic) bond motifs is 1. The Balaban J connectivity index is 1.32. The molecule has 2 aromatic rings. The number of carbonyl (C=O) groups is 1. The number of aromatic nitrogens is 1. The van der Waals surface area contributed by atoms with E-state index in [1.807, 2.05) is 17.0 Å². The van der Waals surface area contributed by atoms with Crippen molar-refractivity contribution in [2.45, 2.75) is 57.0 Å². The van der Waals surface area contributed by atoms with Crippen LogP contribution in [0.5, 0.6) is 5.75 Å². The second-order valence-corrected chi connectivity index (χ2v) is 7.61. The zero-order chi connectivity index (χ0) is 17.9. The number of H-pyrrole nitrogens is 1. The number of ether oxygens (including phenoxy) is 1. The number of benzene rings is 1. The van der Waals surface area contributed by atoms with Gasteiger partial charge in [0, 0.05) is 36.6 Å². The molecule has 1 amide bonds. The number of aliphatic hydroxyl groups excluding tert-OH is 1. The lowest BCUT2D eigenvalue weighted by Crippen LogP contribution is -2.40. The highest BCUT2D eigenvalue weighted by molar-refractivity contribution is 5.90. The highest BCUT2D eigenvalue weighted by Crippen LogP contribution is 2.42. The zero-order valence-corrected chi connectivity index (χ0v) is 15.2. The van der Waals surface area contributed by atoms with Gasteiger partial charge in [-0.2, -0.15) is 0 Å². The Hall–Kier alpha value is -2.01. The standard InChI is InChI=1S/C21H28N2O3/c24-16-9-11-23(12-10-16)20(25)8-3-13-26-19-7-2-6-18-21(19)17(14-22-18)15-4-1-5-15/h2,6-7,14-16,22,24H,1,3-5,8-13H2. The fourth-order valence-electron chi connectivity index (χ4n) is 4.02. The Bertz CT molecular complexity index is 758. The van der Waals surface area contributed by atoms with Crippen LogP contribution in [0.4, 0.5) is 0 Å². The van der Waals surface area contributed by atoms with Crippen molar-refractivity contribution < 1.29 is 14.6 Å². The molecule has 5 heteroatoms. The minimum atomic E-state index is -0.242. The molecule has 140 valence electrons. The molecule has 1 aromatic heterocycles. The average Bonchev–Trinajstić information content (AvgIpc) is 3.02. The number of amides is 1. The maximum absolute atomic E-state index is 12.3. The molecule has 0 atom stereocenters. The number of piperidine rings is 1. The maximum Gasteiger partial charge on any atom is 0.222 e. The van der Waals surface area contributed by atoms with Crippen molar-refractivity contribution in [1.29, 1.82) is 0 Å². The molecule has 1 saturated carbocycles. The molecule has 2 N–H and O–H groups in total. The summed E-state index contributed by atoms with van der Waals surface area (Å²) in [4.78, 5) is 17.5. The summed E-state index contributed by atoms with van der Waals surface area (Å²) in [5, 5.41) is 10.8. The van der Waals surface area contributed by atoms with E-state index in [0.29, 0.717) is 44.9 Å². The number of hydrogen-bond acceptors (Lipinski definition) is 3. The van der Waals surface area contributed by atoms with Crippen LogP contribution < -0.4 is 4.74 Å². The predicted molar refractivity (Wildman–Crippen MR) is 101 cm³/mol. The number of aliphatic hydroxyl groups is 1. The fourth-order valence-corrected chi connectivity index (χ4v) is 4.02. The van der Waals surface area contributed by atoms with Crippen molar-refractivity contribution in [3.63, 3.8) is 0 Å². The first-order chi connectivity index (χ1) is 12.7. The van der Waals surface area contributed by atoms with E-state index in [9.17, 15) is 9.90 Å². The van der Waals surface area contributed by atoms with Gasteiger partial charge >= 0.3 is 0 Å². The van der Waals surface area contributed by atoms with E-state index in [4.69, 9.17) is 4.74 Å². The van der Waals surface area contributed by atoms with Crippen LogP contribution in [-0.4, -0.2) is 46.7 Å². The number of carbonyl (C=O) groups excluding carboxylic acids is 1. The monoisotopic (exact) mass is 356 g/mol. The van der Waals surface area contributed by atoms with Gasteiger partial charge in [-0.05, 0) is 55.7 Å². The van der Waals surface area contributed by atoms with E-state index < -0.39 is 0 Å². The molecule has 2 fully saturated rings. The van der Waals surface area contributed by atoms with E-state index in [1.54, 1.807) is 0 Å². The molecule has 26 heavy (non-hydrogen) atoms. The van der Waals surface area contributed by atoms with Gasteiger partial charge in [0.1, 0.15) is 5.75 Å². The first-order valence-electron chi connectivity index (χ1n) is 9.91. The summed E-state index contributed by atoms with van der Waals surface area (Å²) in [5.74, 6) is 1.76. The minimum Gasteiger partial charge on any atom is -0.493 e. The fraction of sp³-hybridized carbons (Fsp3) is 0.571. The van der Waals surface area contributed by atoms with Crippen LogP contribution in [0.25, 0.3) is 10.9 Å². The first kappa shape index (κ1) is 17.4. The van der Waals surface area contributed by atoms with E-state index in [1.165, 1.54) is 30.2 Å². The van der Waals surface area contributed by atoms with Crippen molar-refractivity contribution in [3.8, 4) is 5.75 Å². The summed E-state index contributed by atoms with van der Waals surface area (Å²) in [6.07, 6.45) is 8.36. The zero-order valence-electron chi connectivity index (χ0n) is 15.2. The number of rotatable bonds is 6. The largest absolute Gasteiger partial charge is 0.493 e. The second kappa shape index (κ2) is 7.70. The normalized spacial score (nSPS) is 18.9. The molecule has 0 radical (unpaired) electrons. The summed E-state index contributed by atoms with van der Waals surface area (Å²) in [5.41, 5.74) is 2.51. The molecule has 1 aliphatic carbocycles. The highest BCUT2D eigenvalue weighted by Gasteiger charge is 2.24. The number of likely N-dealkylation sites (tertiary alicyclic amines) is 1. The van der Waals surface area contributed by atoms with Gasteiger partial charge in [0.2, 0.25) is 5.91 Å². The van der Waals surface area contributed by atoms with Crippen molar-refractivity contribution in [2.75, 3.05) is 19.7 Å². The third-order valence-electron chi connectivity index (χ3n) is 5.85. The molecule has 4 rings (SSSR count). The van der Waals surface area contributed by atoms with Crippen molar-refractivity contribution in [2.24, 2.45) is 0 Å². The average molecular weight is 356 g/mol. The third-order valence-corrected chi connectivity index (χ3v) is 5.85.